The van der Waals surface area contributed by atoms with Crippen molar-refractivity contribution in [1.82, 2.24) is 5.32 Å². The van der Waals surface area contributed by atoms with Gasteiger partial charge in [-0.1, -0.05) is 31.2 Å². The average Bonchev–Trinajstić information content (AvgIpc) is 2.98. The molecular weight excluding hydrogens is 304 g/mol. The molecule has 0 radical (unpaired) electrons. The quantitative estimate of drug-likeness (QED) is 0.790. The molecule has 0 aliphatic carbocycles. The first-order valence-corrected chi connectivity index (χ1v) is 7.74. The summed E-state index contributed by atoms with van der Waals surface area (Å²) in [4.78, 5) is 13.3. The number of nitrogen functional groups attached to an aromatic ring is 1. The molecule has 2 rings (SSSR count). The van der Waals surface area contributed by atoms with Crippen LogP contribution >= 0.6 is 23.7 Å². The average molecular weight is 325 g/mol. The summed E-state index contributed by atoms with van der Waals surface area (Å²) in [6.45, 7) is 2.08. The molecule has 114 valence electrons. The molecule has 0 aliphatic heterocycles. The van der Waals surface area contributed by atoms with E-state index < -0.39 is 0 Å². The molecule has 2 aromatic rings. The molecule has 1 atom stereocenters. The van der Waals surface area contributed by atoms with Crippen molar-refractivity contribution in [3.05, 3.63) is 52.2 Å². The number of benzene rings is 1. The number of carbonyl (C=O) groups excluding carboxylic acids is 1. The van der Waals surface area contributed by atoms with Gasteiger partial charge in [0.25, 0.3) is 0 Å². The number of rotatable bonds is 6. The Morgan fingerprint density at radius 2 is 2.05 bits per heavy atom. The van der Waals surface area contributed by atoms with Gasteiger partial charge in [0.05, 0.1) is 6.04 Å². The summed E-state index contributed by atoms with van der Waals surface area (Å²) in [5, 5.41) is 5.13. The zero-order chi connectivity index (χ0) is 14.4. The van der Waals surface area contributed by atoms with Crippen LogP contribution in [0.2, 0.25) is 0 Å². The lowest BCUT2D eigenvalue weighted by molar-refractivity contribution is -0.121. The Kier molecular flexibility index (Phi) is 7.26. The molecule has 1 heterocycles. The minimum absolute atomic E-state index is 0. The normalized spacial score (nSPS) is 11.5. The highest BCUT2D eigenvalue weighted by Gasteiger charge is 2.13. The lowest BCUT2D eigenvalue weighted by Crippen LogP contribution is -2.27. The molecule has 5 heteroatoms. The predicted octanol–water partition coefficient (Wildman–Crippen LogP) is 3.95. The molecule has 0 saturated heterocycles. The number of aryl methyl sites for hydroxylation is 1. The molecule has 0 spiro atoms. The van der Waals surface area contributed by atoms with Gasteiger partial charge in [0, 0.05) is 17.0 Å². The zero-order valence-corrected chi connectivity index (χ0v) is 13.7. The number of nitrogens with two attached hydrogens (primary N) is 1. The van der Waals surface area contributed by atoms with Crippen LogP contribution in [0.15, 0.2) is 41.8 Å². The van der Waals surface area contributed by atoms with Gasteiger partial charge in [0.1, 0.15) is 0 Å². The maximum absolute atomic E-state index is 12.0. The van der Waals surface area contributed by atoms with Crippen LogP contribution in [0.4, 0.5) is 5.69 Å². The van der Waals surface area contributed by atoms with Gasteiger partial charge in [-0.05, 0) is 35.9 Å². The fourth-order valence-corrected chi connectivity index (χ4v) is 3.00. The standard InChI is InChI=1S/C16H20N2OS.ClH/c1-2-14(15-8-5-11-20-15)18-16(19)10-9-12-6-3-4-7-13(12)17;/h3-8,11,14H,2,9-10,17H2,1H3,(H,18,19);1H. The number of carbonyl (C=O) groups is 1. The van der Waals surface area contributed by atoms with Crippen LogP contribution in [0.25, 0.3) is 0 Å². The third-order valence-corrected chi connectivity index (χ3v) is 4.29. The largest absolute Gasteiger partial charge is 0.399 e. The van der Waals surface area contributed by atoms with Crippen LogP contribution in [0, 0.1) is 0 Å². The van der Waals surface area contributed by atoms with E-state index in [1.54, 1.807) is 11.3 Å². The van der Waals surface area contributed by atoms with E-state index in [0.717, 1.165) is 17.7 Å². The Labute approximate surface area is 136 Å². The molecule has 0 fully saturated rings. The summed E-state index contributed by atoms with van der Waals surface area (Å²) in [7, 11) is 0. The van der Waals surface area contributed by atoms with Gasteiger partial charge in [-0.3, -0.25) is 4.79 Å². The van der Waals surface area contributed by atoms with Crippen molar-refractivity contribution >= 4 is 35.3 Å². The Bertz CT molecular complexity index is 557. The summed E-state index contributed by atoms with van der Waals surface area (Å²) >= 11 is 1.68. The molecule has 1 aromatic heterocycles. The molecule has 0 saturated carbocycles. The van der Waals surface area contributed by atoms with Crippen LogP contribution < -0.4 is 11.1 Å². The van der Waals surface area contributed by atoms with Gasteiger partial charge >= 0.3 is 0 Å². The van der Waals surface area contributed by atoms with Crippen molar-refractivity contribution < 1.29 is 4.79 Å². The molecule has 21 heavy (non-hydrogen) atoms. The first-order valence-electron chi connectivity index (χ1n) is 6.87. The number of amides is 1. The van der Waals surface area contributed by atoms with Gasteiger partial charge in [-0.25, -0.2) is 0 Å². The number of thiophene rings is 1. The summed E-state index contributed by atoms with van der Waals surface area (Å²) in [6, 6.07) is 11.9. The number of hydrogen-bond donors (Lipinski definition) is 2. The van der Waals surface area contributed by atoms with Crippen molar-refractivity contribution in [2.24, 2.45) is 0 Å². The van der Waals surface area contributed by atoms with E-state index in [9.17, 15) is 4.79 Å². The number of para-hydroxylation sites is 1. The number of anilines is 1. The third kappa shape index (κ3) is 5.06. The molecule has 1 unspecified atom stereocenters. The van der Waals surface area contributed by atoms with Crippen LogP contribution in [0.1, 0.15) is 36.2 Å². The molecule has 1 amide bonds. The Morgan fingerprint density at radius 1 is 1.29 bits per heavy atom. The summed E-state index contributed by atoms with van der Waals surface area (Å²) < 4.78 is 0. The summed E-state index contributed by atoms with van der Waals surface area (Å²) in [5.41, 5.74) is 7.67. The van der Waals surface area contributed by atoms with E-state index in [2.05, 4.69) is 18.3 Å². The van der Waals surface area contributed by atoms with E-state index in [0.29, 0.717) is 12.8 Å². The fraction of sp³-hybridized carbons (Fsp3) is 0.312. The zero-order valence-electron chi connectivity index (χ0n) is 12.0. The maximum Gasteiger partial charge on any atom is 0.220 e. The van der Waals surface area contributed by atoms with E-state index in [4.69, 9.17) is 5.73 Å². The molecule has 1 aromatic carbocycles. The summed E-state index contributed by atoms with van der Waals surface area (Å²) in [6.07, 6.45) is 2.05. The Balaban J connectivity index is 0.00000220. The number of nitrogens with one attached hydrogen (secondary N) is 1. The van der Waals surface area contributed by atoms with Crippen molar-refractivity contribution in [1.29, 1.82) is 0 Å². The van der Waals surface area contributed by atoms with Crippen LogP contribution in [-0.2, 0) is 11.2 Å². The number of hydrogen-bond acceptors (Lipinski definition) is 3. The van der Waals surface area contributed by atoms with E-state index in [1.807, 2.05) is 35.7 Å². The van der Waals surface area contributed by atoms with E-state index in [1.165, 1.54) is 4.88 Å². The second-order valence-electron chi connectivity index (χ2n) is 4.74. The fourth-order valence-electron chi connectivity index (χ4n) is 2.14. The van der Waals surface area contributed by atoms with E-state index in [-0.39, 0.29) is 24.4 Å². The van der Waals surface area contributed by atoms with Crippen molar-refractivity contribution in [2.75, 3.05) is 5.73 Å². The van der Waals surface area contributed by atoms with Crippen molar-refractivity contribution in [2.45, 2.75) is 32.2 Å². The van der Waals surface area contributed by atoms with Crippen molar-refractivity contribution in [3.8, 4) is 0 Å². The van der Waals surface area contributed by atoms with Gasteiger partial charge in [0.15, 0.2) is 0 Å². The lowest BCUT2D eigenvalue weighted by Gasteiger charge is -2.15. The first-order chi connectivity index (χ1) is 9.70. The Hall–Kier alpha value is -1.52. The first kappa shape index (κ1) is 17.5. The molecule has 3 N–H and O–H groups in total. The van der Waals surface area contributed by atoms with Crippen molar-refractivity contribution in [3.63, 3.8) is 0 Å². The topological polar surface area (TPSA) is 55.1 Å². The van der Waals surface area contributed by atoms with Gasteiger partial charge in [-0.15, -0.1) is 23.7 Å². The van der Waals surface area contributed by atoms with Gasteiger partial charge in [-0.2, -0.15) is 0 Å². The lowest BCUT2D eigenvalue weighted by atomic mass is 10.1. The predicted molar refractivity (Wildman–Crippen MR) is 91.9 cm³/mol. The SMILES string of the molecule is CCC(NC(=O)CCc1ccccc1N)c1cccs1.Cl. The Morgan fingerprint density at radius 3 is 2.67 bits per heavy atom. The van der Waals surface area contributed by atoms with Crippen LogP contribution in [-0.4, -0.2) is 5.91 Å². The second kappa shape index (κ2) is 8.70. The maximum atomic E-state index is 12.0. The molecule has 3 nitrogen and oxygen atoms in total. The third-order valence-electron chi connectivity index (χ3n) is 3.31. The van der Waals surface area contributed by atoms with Crippen LogP contribution in [0.3, 0.4) is 0 Å². The minimum atomic E-state index is 0. The highest BCUT2D eigenvalue weighted by molar-refractivity contribution is 7.10. The summed E-state index contributed by atoms with van der Waals surface area (Å²) in [5.74, 6) is 0.0773. The highest BCUT2D eigenvalue weighted by atomic mass is 35.5. The van der Waals surface area contributed by atoms with Gasteiger partial charge < -0.3 is 11.1 Å². The second-order valence-corrected chi connectivity index (χ2v) is 5.72. The number of halogens is 1. The highest BCUT2D eigenvalue weighted by Crippen LogP contribution is 2.22. The van der Waals surface area contributed by atoms with Gasteiger partial charge in [0.2, 0.25) is 5.91 Å². The van der Waals surface area contributed by atoms with Crippen LogP contribution in [0.5, 0.6) is 0 Å². The minimum Gasteiger partial charge on any atom is -0.399 e. The smallest absolute Gasteiger partial charge is 0.220 e. The molecule has 0 aliphatic rings. The molecular formula is C16H21ClN2OS. The molecule has 0 bridgehead atoms. The monoisotopic (exact) mass is 324 g/mol. The van der Waals surface area contributed by atoms with E-state index >= 15 is 0 Å².